The maximum Gasteiger partial charge on any atom is 0.256 e. The van der Waals surface area contributed by atoms with Crippen molar-refractivity contribution in [3.63, 3.8) is 0 Å². The lowest BCUT2D eigenvalue weighted by molar-refractivity contribution is 0.0264. The van der Waals surface area contributed by atoms with Gasteiger partial charge < -0.3 is 10.0 Å². The molecule has 0 heterocycles. The molecule has 0 aliphatic heterocycles. The van der Waals surface area contributed by atoms with Crippen molar-refractivity contribution < 1.29 is 14.3 Å². The minimum Gasteiger partial charge on any atom is -0.393 e. The first-order chi connectivity index (χ1) is 8.47. The van der Waals surface area contributed by atoms with Gasteiger partial charge >= 0.3 is 0 Å². The highest BCUT2D eigenvalue weighted by Gasteiger charge is 2.29. The maximum absolute atomic E-state index is 13.6. The van der Waals surface area contributed by atoms with Crippen LogP contribution in [-0.2, 0) is 0 Å². The lowest BCUT2D eigenvalue weighted by atomic mass is 9.82. The predicted octanol–water partition coefficient (Wildman–Crippen LogP) is 2.32. The van der Waals surface area contributed by atoms with Crippen molar-refractivity contribution in [3.8, 4) is 0 Å². The molecule has 0 atom stereocenters. The molecule has 2 rings (SSSR count). The number of nitrogens with zero attached hydrogens (tertiary/aromatic N) is 1. The number of carbonyl (C=O) groups excluding carboxylic acids is 1. The van der Waals surface area contributed by atoms with E-state index in [1.807, 2.05) is 0 Å². The third-order valence-electron chi connectivity index (χ3n) is 3.25. The second-order valence-corrected chi connectivity index (χ2v) is 5.24. The van der Waals surface area contributed by atoms with Gasteiger partial charge in [-0.2, -0.15) is 0 Å². The van der Waals surface area contributed by atoms with Crippen LogP contribution in [0, 0.1) is 11.7 Å². The molecule has 0 unspecified atom stereocenters. The van der Waals surface area contributed by atoms with Crippen LogP contribution in [0.2, 0.25) is 5.02 Å². The van der Waals surface area contributed by atoms with E-state index in [0.717, 1.165) is 6.07 Å². The molecule has 1 amide bonds. The van der Waals surface area contributed by atoms with Crippen LogP contribution in [0.4, 0.5) is 4.39 Å². The number of aliphatic hydroxyl groups excluding tert-OH is 1. The molecule has 0 spiro atoms. The van der Waals surface area contributed by atoms with E-state index in [1.54, 1.807) is 7.05 Å². The van der Waals surface area contributed by atoms with E-state index in [4.69, 9.17) is 11.6 Å². The summed E-state index contributed by atoms with van der Waals surface area (Å²) in [6, 6.07) is 4.03. The Bertz CT molecular complexity index is 460. The average Bonchev–Trinajstić information content (AvgIpc) is 2.26. The third-order valence-corrected chi connectivity index (χ3v) is 3.49. The van der Waals surface area contributed by atoms with Crippen molar-refractivity contribution in [2.24, 2.45) is 5.92 Å². The Hall–Kier alpha value is -1.13. The first-order valence-corrected chi connectivity index (χ1v) is 6.23. The Labute approximate surface area is 110 Å². The number of amides is 1. The number of aliphatic hydroxyl groups is 1. The zero-order chi connectivity index (χ0) is 13.3. The van der Waals surface area contributed by atoms with Gasteiger partial charge in [0.05, 0.1) is 11.7 Å². The minimum absolute atomic E-state index is 0.0294. The molecule has 0 bridgehead atoms. The van der Waals surface area contributed by atoms with Gasteiger partial charge in [0.1, 0.15) is 5.82 Å². The van der Waals surface area contributed by atoms with Crippen LogP contribution in [0.25, 0.3) is 0 Å². The summed E-state index contributed by atoms with van der Waals surface area (Å²) in [5.41, 5.74) is 0.0294. The van der Waals surface area contributed by atoms with E-state index in [1.165, 1.54) is 17.0 Å². The van der Waals surface area contributed by atoms with Crippen LogP contribution < -0.4 is 0 Å². The van der Waals surface area contributed by atoms with Crippen molar-refractivity contribution >= 4 is 17.5 Å². The highest BCUT2D eigenvalue weighted by molar-refractivity contribution is 6.30. The van der Waals surface area contributed by atoms with E-state index in [0.29, 0.717) is 25.3 Å². The summed E-state index contributed by atoms with van der Waals surface area (Å²) >= 11 is 5.64. The summed E-state index contributed by atoms with van der Waals surface area (Å²) in [4.78, 5) is 13.5. The Morgan fingerprint density at radius 3 is 2.78 bits per heavy atom. The second kappa shape index (κ2) is 5.24. The first-order valence-electron chi connectivity index (χ1n) is 5.86. The molecule has 5 heteroatoms. The van der Waals surface area contributed by atoms with Gasteiger partial charge in [-0.15, -0.1) is 0 Å². The van der Waals surface area contributed by atoms with Crippen LogP contribution in [0.15, 0.2) is 18.2 Å². The average molecular weight is 272 g/mol. The topological polar surface area (TPSA) is 40.5 Å². The van der Waals surface area contributed by atoms with Crippen LogP contribution in [0.1, 0.15) is 23.2 Å². The molecule has 18 heavy (non-hydrogen) atoms. The summed E-state index contributed by atoms with van der Waals surface area (Å²) in [6.45, 7) is 0.540. The van der Waals surface area contributed by atoms with Crippen LogP contribution in [0.5, 0.6) is 0 Å². The van der Waals surface area contributed by atoms with Crippen molar-refractivity contribution in [1.29, 1.82) is 0 Å². The van der Waals surface area contributed by atoms with Crippen molar-refractivity contribution in [3.05, 3.63) is 34.6 Å². The molecule has 1 aliphatic rings. The molecule has 1 N–H and O–H groups in total. The Morgan fingerprint density at radius 2 is 2.22 bits per heavy atom. The number of halogens is 2. The Balaban J connectivity index is 2.01. The van der Waals surface area contributed by atoms with Gasteiger partial charge in [-0.1, -0.05) is 11.6 Å². The van der Waals surface area contributed by atoms with E-state index < -0.39 is 5.82 Å². The van der Waals surface area contributed by atoms with Gasteiger partial charge in [-0.25, -0.2) is 4.39 Å². The highest BCUT2D eigenvalue weighted by Crippen LogP contribution is 2.28. The molecule has 0 aromatic heterocycles. The van der Waals surface area contributed by atoms with Gasteiger partial charge in [0, 0.05) is 18.6 Å². The van der Waals surface area contributed by atoms with Crippen molar-refractivity contribution in [2.75, 3.05) is 13.6 Å². The number of hydrogen-bond acceptors (Lipinski definition) is 2. The maximum atomic E-state index is 13.6. The molecule has 0 saturated heterocycles. The summed E-state index contributed by atoms with van der Waals surface area (Å²) in [5, 5.41) is 9.46. The second-order valence-electron chi connectivity index (χ2n) is 4.80. The van der Waals surface area contributed by atoms with Crippen molar-refractivity contribution in [2.45, 2.75) is 18.9 Å². The summed E-state index contributed by atoms with van der Waals surface area (Å²) in [6.07, 6.45) is 1.17. The lowest BCUT2D eigenvalue weighted by Crippen LogP contribution is -2.39. The van der Waals surface area contributed by atoms with Crippen LogP contribution in [-0.4, -0.2) is 35.6 Å². The molecule has 1 aromatic carbocycles. The SMILES string of the molecule is CN(CC1CC(O)C1)C(=O)c1ccc(Cl)cc1F. The Kier molecular flexibility index (Phi) is 3.88. The molecule has 1 saturated carbocycles. The molecule has 1 aromatic rings. The van der Waals surface area contributed by atoms with Gasteiger partial charge in [-0.05, 0) is 37.0 Å². The number of benzene rings is 1. The lowest BCUT2D eigenvalue weighted by Gasteiger charge is -2.34. The molecular weight excluding hydrogens is 257 g/mol. The molecule has 98 valence electrons. The van der Waals surface area contributed by atoms with E-state index >= 15 is 0 Å². The van der Waals surface area contributed by atoms with Crippen LogP contribution >= 0.6 is 11.6 Å². The fraction of sp³-hybridized carbons (Fsp3) is 0.462. The van der Waals surface area contributed by atoms with E-state index in [2.05, 4.69) is 0 Å². The highest BCUT2D eigenvalue weighted by atomic mass is 35.5. The smallest absolute Gasteiger partial charge is 0.256 e. The monoisotopic (exact) mass is 271 g/mol. The third kappa shape index (κ3) is 2.82. The number of hydrogen-bond donors (Lipinski definition) is 1. The first kappa shape index (κ1) is 13.3. The number of rotatable bonds is 3. The fourth-order valence-corrected chi connectivity index (χ4v) is 2.35. The van der Waals surface area contributed by atoms with Crippen LogP contribution in [0.3, 0.4) is 0 Å². The van der Waals surface area contributed by atoms with Gasteiger partial charge in [-0.3, -0.25) is 4.79 Å². The molecule has 3 nitrogen and oxygen atoms in total. The summed E-state index contributed by atoms with van der Waals surface area (Å²) in [7, 11) is 1.64. The van der Waals surface area contributed by atoms with Gasteiger partial charge in [0.2, 0.25) is 0 Å². The van der Waals surface area contributed by atoms with E-state index in [-0.39, 0.29) is 22.6 Å². The normalized spacial score (nSPS) is 22.4. The number of carbonyl (C=O) groups is 1. The Morgan fingerprint density at radius 1 is 1.56 bits per heavy atom. The fourth-order valence-electron chi connectivity index (χ4n) is 2.19. The minimum atomic E-state index is -0.604. The van der Waals surface area contributed by atoms with E-state index in [9.17, 15) is 14.3 Å². The predicted molar refractivity (Wildman–Crippen MR) is 67.1 cm³/mol. The molecule has 1 aliphatic carbocycles. The van der Waals surface area contributed by atoms with Gasteiger partial charge in [0.15, 0.2) is 0 Å². The zero-order valence-corrected chi connectivity index (χ0v) is 10.8. The van der Waals surface area contributed by atoms with Crippen molar-refractivity contribution in [1.82, 2.24) is 4.90 Å². The summed E-state index contributed by atoms with van der Waals surface area (Å²) in [5.74, 6) is -0.650. The quantitative estimate of drug-likeness (QED) is 0.917. The molecule has 1 fully saturated rings. The molecular formula is C13H15ClFNO2. The summed E-state index contributed by atoms with van der Waals surface area (Å²) < 4.78 is 13.6. The largest absolute Gasteiger partial charge is 0.393 e. The molecule has 0 radical (unpaired) electrons. The van der Waals surface area contributed by atoms with Gasteiger partial charge in [0.25, 0.3) is 5.91 Å². The zero-order valence-electron chi connectivity index (χ0n) is 10.1. The standard InChI is InChI=1S/C13H15ClFNO2/c1-16(7-8-4-10(17)5-8)13(18)11-3-2-9(14)6-12(11)15/h2-3,6,8,10,17H,4-5,7H2,1H3.